The molecule has 110 valence electrons. The summed E-state index contributed by atoms with van der Waals surface area (Å²) in [4.78, 5) is 24.9. The molecule has 3 heterocycles. The van der Waals surface area contributed by atoms with Crippen LogP contribution in [0.5, 0.6) is 0 Å². The van der Waals surface area contributed by atoms with Gasteiger partial charge in [0.15, 0.2) is 5.58 Å². The lowest BCUT2D eigenvalue weighted by Gasteiger charge is -1.97. The third-order valence-electron chi connectivity index (χ3n) is 3.11. The number of nitrogens with one attached hydrogen (secondary N) is 1. The minimum absolute atomic E-state index is 0.182. The van der Waals surface area contributed by atoms with Gasteiger partial charge in [-0.3, -0.25) is 9.89 Å². The van der Waals surface area contributed by atoms with Crippen molar-refractivity contribution in [1.29, 1.82) is 0 Å². The molecule has 0 fully saturated rings. The van der Waals surface area contributed by atoms with Gasteiger partial charge >= 0.3 is 0 Å². The molecule has 0 aliphatic carbocycles. The molecule has 3 aromatic heterocycles. The molecule has 0 bridgehead atoms. The van der Waals surface area contributed by atoms with Crippen LogP contribution in [0.2, 0.25) is 0 Å². The van der Waals surface area contributed by atoms with Crippen molar-refractivity contribution in [2.24, 2.45) is 0 Å². The second-order valence-corrected chi connectivity index (χ2v) is 5.69. The van der Waals surface area contributed by atoms with Crippen LogP contribution < -0.4 is 5.56 Å². The zero-order valence-electron chi connectivity index (χ0n) is 11.6. The van der Waals surface area contributed by atoms with Gasteiger partial charge in [-0.05, 0) is 19.1 Å². The van der Waals surface area contributed by atoms with E-state index in [9.17, 15) is 4.79 Å². The Bertz CT molecular complexity index is 1000. The van der Waals surface area contributed by atoms with Gasteiger partial charge in [-0.15, -0.1) is 0 Å². The normalized spacial score (nSPS) is 11.5. The minimum Gasteiger partial charge on any atom is -0.431 e. The summed E-state index contributed by atoms with van der Waals surface area (Å²) in [6, 6.07) is 9.07. The van der Waals surface area contributed by atoms with Gasteiger partial charge in [0.25, 0.3) is 16.6 Å². The number of fused-ring (bicyclic) bond motifs is 2. The standard InChI is InChI=1S/C14H11N5O2S/c1-8-15-13-16-9(6-12(20)19(13)18-8)7-22-14-17-10-4-2-3-5-11(10)21-14/h2-6H,7H2,1H3,(H,15,16,18). The third-order valence-corrected chi connectivity index (χ3v) is 3.97. The lowest BCUT2D eigenvalue weighted by atomic mass is 10.3. The first-order valence-corrected chi connectivity index (χ1v) is 7.61. The number of aromatic amines is 1. The molecular formula is C14H11N5O2S. The van der Waals surface area contributed by atoms with Gasteiger partial charge in [0.1, 0.15) is 11.3 Å². The Hall–Kier alpha value is -2.61. The molecule has 0 saturated heterocycles. The molecule has 0 atom stereocenters. The third kappa shape index (κ3) is 2.27. The van der Waals surface area contributed by atoms with Crippen molar-refractivity contribution in [3.05, 3.63) is 52.2 Å². The largest absolute Gasteiger partial charge is 0.431 e. The lowest BCUT2D eigenvalue weighted by Crippen LogP contribution is -2.15. The molecule has 0 aliphatic rings. The monoisotopic (exact) mass is 313 g/mol. The second-order valence-electron chi connectivity index (χ2n) is 4.77. The van der Waals surface area contributed by atoms with E-state index in [1.54, 1.807) is 6.92 Å². The SMILES string of the molecule is Cc1nc2nc(CSc3nc4ccccc4o3)cc(=O)n2[nH]1. The van der Waals surface area contributed by atoms with Crippen molar-refractivity contribution in [1.82, 2.24) is 24.6 Å². The van der Waals surface area contributed by atoms with E-state index in [4.69, 9.17) is 4.42 Å². The van der Waals surface area contributed by atoms with Gasteiger partial charge < -0.3 is 4.42 Å². The molecule has 0 spiro atoms. The average molecular weight is 313 g/mol. The van der Waals surface area contributed by atoms with E-state index >= 15 is 0 Å². The van der Waals surface area contributed by atoms with Crippen LogP contribution in [0.25, 0.3) is 16.9 Å². The van der Waals surface area contributed by atoms with Gasteiger partial charge in [0.05, 0.1) is 5.69 Å². The van der Waals surface area contributed by atoms with Gasteiger partial charge in [0.2, 0.25) is 0 Å². The van der Waals surface area contributed by atoms with Crippen LogP contribution in [0, 0.1) is 6.92 Å². The molecular weight excluding hydrogens is 302 g/mol. The number of nitrogens with zero attached hydrogens (tertiary/aromatic N) is 4. The van der Waals surface area contributed by atoms with Crippen molar-refractivity contribution >= 4 is 28.6 Å². The molecule has 0 amide bonds. The summed E-state index contributed by atoms with van der Waals surface area (Å²) in [6.07, 6.45) is 0. The summed E-state index contributed by atoms with van der Waals surface area (Å²) < 4.78 is 6.95. The van der Waals surface area contributed by atoms with Crippen molar-refractivity contribution in [2.75, 3.05) is 0 Å². The Labute approximate surface area is 128 Å². The first kappa shape index (κ1) is 13.1. The maximum absolute atomic E-state index is 12.0. The number of benzene rings is 1. The van der Waals surface area contributed by atoms with Crippen LogP contribution in [0.3, 0.4) is 0 Å². The fraction of sp³-hybridized carbons (Fsp3) is 0.143. The van der Waals surface area contributed by atoms with Crippen molar-refractivity contribution in [3.63, 3.8) is 0 Å². The molecule has 0 aliphatic heterocycles. The summed E-state index contributed by atoms with van der Waals surface area (Å²) in [7, 11) is 0. The Kier molecular flexibility index (Phi) is 2.97. The average Bonchev–Trinajstić information content (AvgIpc) is 3.07. The molecule has 0 radical (unpaired) electrons. The van der Waals surface area contributed by atoms with Crippen LogP contribution >= 0.6 is 11.8 Å². The maximum Gasteiger partial charge on any atom is 0.274 e. The van der Waals surface area contributed by atoms with Gasteiger partial charge in [-0.25, -0.2) is 9.97 Å². The van der Waals surface area contributed by atoms with Crippen LogP contribution in [-0.4, -0.2) is 24.6 Å². The number of rotatable bonds is 3. The highest BCUT2D eigenvalue weighted by Crippen LogP contribution is 2.25. The lowest BCUT2D eigenvalue weighted by molar-refractivity contribution is 0.489. The van der Waals surface area contributed by atoms with E-state index in [1.807, 2.05) is 24.3 Å². The van der Waals surface area contributed by atoms with Crippen molar-refractivity contribution in [3.8, 4) is 0 Å². The molecule has 1 aromatic carbocycles. The Morgan fingerprint density at radius 3 is 3.00 bits per heavy atom. The number of aryl methyl sites for hydroxylation is 1. The number of aromatic nitrogens is 5. The van der Waals surface area contributed by atoms with E-state index in [0.717, 1.165) is 11.1 Å². The van der Waals surface area contributed by atoms with Gasteiger partial charge in [-0.2, -0.15) is 9.50 Å². The quantitative estimate of drug-likeness (QED) is 0.583. The van der Waals surface area contributed by atoms with E-state index in [1.165, 1.54) is 22.3 Å². The Morgan fingerprint density at radius 2 is 2.14 bits per heavy atom. The smallest absolute Gasteiger partial charge is 0.274 e. The molecule has 4 rings (SSSR count). The Morgan fingerprint density at radius 1 is 1.27 bits per heavy atom. The number of thioether (sulfide) groups is 1. The fourth-order valence-electron chi connectivity index (χ4n) is 2.16. The number of oxazole rings is 1. The number of H-pyrrole nitrogens is 1. The molecule has 0 saturated carbocycles. The van der Waals surface area contributed by atoms with Crippen LogP contribution in [0.4, 0.5) is 0 Å². The molecule has 22 heavy (non-hydrogen) atoms. The molecule has 7 nitrogen and oxygen atoms in total. The van der Waals surface area contributed by atoms with Crippen molar-refractivity contribution in [2.45, 2.75) is 17.9 Å². The summed E-state index contributed by atoms with van der Waals surface area (Å²) in [5.74, 6) is 1.51. The second kappa shape index (κ2) is 4.99. The van der Waals surface area contributed by atoms with E-state index in [0.29, 0.717) is 28.3 Å². The van der Waals surface area contributed by atoms with Gasteiger partial charge in [0, 0.05) is 11.8 Å². The van der Waals surface area contributed by atoms with Crippen LogP contribution in [-0.2, 0) is 5.75 Å². The predicted octanol–water partition coefficient (Wildman–Crippen LogP) is 2.16. The number of hydrogen-bond acceptors (Lipinski definition) is 6. The molecule has 0 unspecified atom stereocenters. The number of para-hydroxylation sites is 2. The van der Waals surface area contributed by atoms with Crippen molar-refractivity contribution < 1.29 is 4.42 Å². The highest BCUT2D eigenvalue weighted by atomic mass is 32.2. The predicted molar refractivity (Wildman–Crippen MR) is 81.9 cm³/mol. The van der Waals surface area contributed by atoms with E-state index in [-0.39, 0.29) is 5.56 Å². The maximum atomic E-state index is 12.0. The fourth-order valence-corrected chi connectivity index (χ4v) is 2.89. The van der Waals surface area contributed by atoms with E-state index < -0.39 is 0 Å². The van der Waals surface area contributed by atoms with Crippen LogP contribution in [0.15, 0.2) is 44.8 Å². The van der Waals surface area contributed by atoms with Gasteiger partial charge in [-0.1, -0.05) is 23.9 Å². The van der Waals surface area contributed by atoms with E-state index in [2.05, 4.69) is 20.1 Å². The summed E-state index contributed by atoms with van der Waals surface area (Å²) in [6.45, 7) is 1.78. The molecule has 8 heteroatoms. The first-order chi connectivity index (χ1) is 10.7. The topological polar surface area (TPSA) is 89.1 Å². The minimum atomic E-state index is -0.182. The highest BCUT2D eigenvalue weighted by molar-refractivity contribution is 7.98. The summed E-state index contributed by atoms with van der Waals surface area (Å²) in [5.41, 5.74) is 2.02. The zero-order chi connectivity index (χ0) is 15.1. The molecule has 4 aromatic rings. The number of hydrogen-bond donors (Lipinski definition) is 1. The summed E-state index contributed by atoms with van der Waals surface area (Å²) in [5, 5.41) is 3.40. The molecule has 1 N–H and O–H groups in total. The zero-order valence-corrected chi connectivity index (χ0v) is 12.4. The Balaban J connectivity index is 1.61. The van der Waals surface area contributed by atoms with Crippen LogP contribution in [0.1, 0.15) is 11.5 Å². The highest BCUT2D eigenvalue weighted by Gasteiger charge is 2.09. The summed E-state index contributed by atoms with van der Waals surface area (Å²) >= 11 is 1.40. The first-order valence-electron chi connectivity index (χ1n) is 6.63.